The highest BCUT2D eigenvalue weighted by atomic mass is 16.1. The predicted octanol–water partition coefficient (Wildman–Crippen LogP) is 2.54. The van der Waals surface area contributed by atoms with E-state index < -0.39 is 0 Å². The molecule has 0 unspecified atom stereocenters. The lowest BCUT2D eigenvalue weighted by Crippen LogP contribution is -2.14. The third kappa shape index (κ3) is 3.72. The highest BCUT2D eigenvalue weighted by Crippen LogP contribution is 2.18. The highest BCUT2D eigenvalue weighted by molar-refractivity contribution is 6.04. The van der Waals surface area contributed by atoms with Crippen molar-refractivity contribution in [2.45, 2.75) is 13.3 Å². The number of rotatable bonds is 4. The Morgan fingerprint density at radius 2 is 2.05 bits per heavy atom. The summed E-state index contributed by atoms with van der Waals surface area (Å²) in [6, 6.07) is 11.0. The Balaban J connectivity index is 2.21. The molecule has 0 bridgehead atoms. The topological polar surface area (TPSA) is 71.2 Å². The lowest BCUT2D eigenvalue weighted by Gasteiger charge is -2.14. The number of carbonyl (C=O) groups is 1. The Labute approximate surface area is 124 Å². The van der Waals surface area contributed by atoms with E-state index in [4.69, 9.17) is 5.73 Å². The number of aryl methyl sites for hydroxylation is 1. The molecule has 2 rings (SSSR count). The van der Waals surface area contributed by atoms with Crippen LogP contribution in [0, 0.1) is 0 Å². The van der Waals surface area contributed by atoms with Gasteiger partial charge in [-0.1, -0.05) is 13.0 Å². The maximum Gasteiger partial charge on any atom is 0.255 e. The summed E-state index contributed by atoms with van der Waals surface area (Å²) in [5.41, 5.74) is 8.84. The number of nitrogens with one attached hydrogen (secondary N) is 1. The molecule has 1 amide bonds. The number of anilines is 3. The summed E-state index contributed by atoms with van der Waals surface area (Å²) in [4.78, 5) is 18.5. The quantitative estimate of drug-likeness (QED) is 0.905. The van der Waals surface area contributed by atoms with Crippen molar-refractivity contribution in [3.63, 3.8) is 0 Å². The van der Waals surface area contributed by atoms with Crippen LogP contribution in [0.2, 0.25) is 0 Å². The number of nitrogens with two attached hydrogens (primary N) is 1. The summed E-state index contributed by atoms with van der Waals surface area (Å²) < 4.78 is 0. The number of nitrogen functional groups attached to an aromatic ring is 1. The van der Waals surface area contributed by atoms with Gasteiger partial charge in [0.1, 0.15) is 5.82 Å². The Morgan fingerprint density at radius 3 is 2.71 bits per heavy atom. The number of carbonyl (C=O) groups excluding carboxylic acids is 1. The fourth-order valence-corrected chi connectivity index (χ4v) is 1.99. The standard InChI is InChI=1S/C16H20N4O/c1-4-12-8-11(9-15(17)18-12)16(21)19-13-6-5-7-14(10-13)20(2)3/h5-10H,4H2,1-3H3,(H2,17,18)(H,19,21). The minimum atomic E-state index is -0.185. The van der Waals surface area contributed by atoms with Crippen LogP contribution in [0.5, 0.6) is 0 Å². The largest absolute Gasteiger partial charge is 0.384 e. The summed E-state index contributed by atoms with van der Waals surface area (Å²) in [5, 5.41) is 2.88. The molecule has 1 aromatic carbocycles. The minimum absolute atomic E-state index is 0.185. The van der Waals surface area contributed by atoms with Gasteiger partial charge in [-0.25, -0.2) is 4.98 Å². The van der Waals surface area contributed by atoms with Crippen LogP contribution in [-0.4, -0.2) is 25.0 Å². The van der Waals surface area contributed by atoms with Crippen molar-refractivity contribution in [2.24, 2.45) is 0 Å². The van der Waals surface area contributed by atoms with Gasteiger partial charge in [0, 0.05) is 36.7 Å². The summed E-state index contributed by atoms with van der Waals surface area (Å²) in [6.07, 6.45) is 0.738. The Hall–Kier alpha value is -2.56. The average molecular weight is 284 g/mol. The van der Waals surface area contributed by atoms with Gasteiger partial charge in [0.25, 0.3) is 5.91 Å². The van der Waals surface area contributed by atoms with E-state index in [1.165, 1.54) is 0 Å². The van der Waals surface area contributed by atoms with E-state index in [1.807, 2.05) is 50.2 Å². The molecule has 0 aliphatic rings. The van der Waals surface area contributed by atoms with Crippen LogP contribution in [0.15, 0.2) is 36.4 Å². The van der Waals surface area contributed by atoms with Crippen LogP contribution >= 0.6 is 0 Å². The number of aromatic nitrogens is 1. The molecule has 5 heteroatoms. The third-order valence-electron chi connectivity index (χ3n) is 3.14. The van der Waals surface area contributed by atoms with Gasteiger partial charge in [-0.05, 0) is 36.8 Å². The molecule has 2 aromatic rings. The monoisotopic (exact) mass is 284 g/mol. The zero-order valence-electron chi connectivity index (χ0n) is 12.6. The fraction of sp³-hybridized carbons (Fsp3) is 0.250. The summed E-state index contributed by atoms with van der Waals surface area (Å²) in [5.74, 6) is 0.177. The zero-order valence-corrected chi connectivity index (χ0v) is 12.6. The van der Waals surface area contributed by atoms with E-state index in [9.17, 15) is 4.79 Å². The van der Waals surface area contributed by atoms with Gasteiger partial charge < -0.3 is 16.0 Å². The second kappa shape index (κ2) is 6.26. The molecule has 0 fully saturated rings. The van der Waals surface area contributed by atoms with Gasteiger partial charge in [-0.2, -0.15) is 0 Å². The van der Waals surface area contributed by atoms with Crippen molar-refractivity contribution >= 4 is 23.1 Å². The minimum Gasteiger partial charge on any atom is -0.384 e. The number of hydrogen-bond acceptors (Lipinski definition) is 4. The Morgan fingerprint density at radius 1 is 1.29 bits per heavy atom. The molecule has 0 saturated carbocycles. The van der Waals surface area contributed by atoms with E-state index in [2.05, 4.69) is 10.3 Å². The molecule has 21 heavy (non-hydrogen) atoms. The number of amides is 1. The van der Waals surface area contributed by atoms with Crippen molar-refractivity contribution in [1.29, 1.82) is 0 Å². The summed E-state index contributed by atoms with van der Waals surface area (Å²) in [7, 11) is 3.91. The second-order valence-corrected chi connectivity index (χ2v) is 5.02. The molecule has 0 aliphatic carbocycles. The maximum absolute atomic E-state index is 12.3. The first-order valence-electron chi connectivity index (χ1n) is 6.84. The SMILES string of the molecule is CCc1cc(C(=O)Nc2cccc(N(C)C)c2)cc(N)n1. The van der Waals surface area contributed by atoms with Crippen molar-refractivity contribution < 1.29 is 4.79 Å². The van der Waals surface area contributed by atoms with Gasteiger partial charge in [-0.3, -0.25) is 4.79 Å². The number of pyridine rings is 1. The zero-order chi connectivity index (χ0) is 15.4. The first kappa shape index (κ1) is 14.8. The number of nitrogens with zero attached hydrogens (tertiary/aromatic N) is 2. The smallest absolute Gasteiger partial charge is 0.255 e. The molecule has 1 heterocycles. The van der Waals surface area contributed by atoms with Crippen LogP contribution < -0.4 is 16.0 Å². The van der Waals surface area contributed by atoms with Crippen LogP contribution in [0.3, 0.4) is 0 Å². The van der Waals surface area contributed by atoms with Gasteiger partial charge in [0.15, 0.2) is 0 Å². The van der Waals surface area contributed by atoms with Crippen molar-refractivity contribution in [2.75, 3.05) is 30.0 Å². The van der Waals surface area contributed by atoms with Gasteiger partial charge >= 0.3 is 0 Å². The molecule has 3 N–H and O–H groups in total. The third-order valence-corrected chi connectivity index (χ3v) is 3.14. The van der Waals surface area contributed by atoms with Gasteiger partial charge in [0.05, 0.1) is 0 Å². The normalized spacial score (nSPS) is 10.2. The molecule has 5 nitrogen and oxygen atoms in total. The highest BCUT2D eigenvalue weighted by Gasteiger charge is 2.09. The molecule has 0 aliphatic heterocycles. The number of benzene rings is 1. The van der Waals surface area contributed by atoms with Crippen molar-refractivity contribution in [3.05, 3.63) is 47.7 Å². The van der Waals surface area contributed by atoms with Crippen LogP contribution in [0.25, 0.3) is 0 Å². The van der Waals surface area contributed by atoms with E-state index in [-0.39, 0.29) is 5.91 Å². The summed E-state index contributed by atoms with van der Waals surface area (Å²) >= 11 is 0. The van der Waals surface area contributed by atoms with Gasteiger partial charge in [0.2, 0.25) is 0 Å². The molecular formula is C16H20N4O. The molecule has 1 aromatic heterocycles. The first-order chi connectivity index (χ1) is 9.99. The second-order valence-electron chi connectivity index (χ2n) is 5.02. The van der Waals surface area contributed by atoms with Crippen LogP contribution in [0.4, 0.5) is 17.2 Å². The van der Waals surface area contributed by atoms with E-state index in [0.717, 1.165) is 23.5 Å². The average Bonchev–Trinajstić information content (AvgIpc) is 2.46. The van der Waals surface area contributed by atoms with Crippen molar-refractivity contribution in [1.82, 2.24) is 4.98 Å². The first-order valence-corrected chi connectivity index (χ1v) is 6.84. The summed E-state index contributed by atoms with van der Waals surface area (Å²) in [6.45, 7) is 1.98. The maximum atomic E-state index is 12.3. The van der Waals surface area contributed by atoms with Gasteiger partial charge in [-0.15, -0.1) is 0 Å². The Bertz CT molecular complexity index is 652. The molecule has 0 radical (unpaired) electrons. The van der Waals surface area contributed by atoms with Crippen LogP contribution in [0.1, 0.15) is 23.0 Å². The Kier molecular flexibility index (Phi) is 4.42. The predicted molar refractivity (Wildman–Crippen MR) is 86.7 cm³/mol. The lowest BCUT2D eigenvalue weighted by atomic mass is 10.1. The molecule has 0 atom stereocenters. The molecule has 0 saturated heterocycles. The lowest BCUT2D eigenvalue weighted by molar-refractivity contribution is 0.102. The van der Waals surface area contributed by atoms with E-state index in [0.29, 0.717) is 11.4 Å². The number of hydrogen-bond donors (Lipinski definition) is 2. The fourth-order valence-electron chi connectivity index (χ4n) is 1.99. The molecular weight excluding hydrogens is 264 g/mol. The van der Waals surface area contributed by atoms with E-state index >= 15 is 0 Å². The molecule has 0 spiro atoms. The van der Waals surface area contributed by atoms with Crippen LogP contribution in [-0.2, 0) is 6.42 Å². The van der Waals surface area contributed by atoms with Crippen molar-refractivity contribution in [3.8, 4) is 0 Å². The molecule has 110 valence electrons. The van der Waals surface area contributed by atoms with E-state index in [1.54, 1.807) is 12.1 Å².